The largest absolute Gasteiger partial charge is 0.348 e. The molecule has 1 aliphatic heterocycles. The Kier molecular flexibility index (Phi) is 8.66. The first-order valence-corrected chi connectivity index (χ1v) is 11.8. The molecule has 1 aromatic rings. The molecule has 1 saturated heterocycles. The van der Waals surface area contributed by atoms with Gasteiger partial charge >= 0.3 is 0 Å². The predicted molar refractivity (Wildman–Crippen MR) is 122 cm³/mol. The van der Waals surface area contributed by atoms with Crippen molar-refractivity contribution in [1.82, 2.24) is 25.4 Å². The minimum absolute atomic E-state index is 0.0127. The molecule has 1 aliphatic carbocycles. The third-order valence-electron chi connectivity index (χ3n) is 6.95. The molecule has 12 heteroatoms. The molecule has 2 heterocycles. The first kappa shape index (κ1) is 25.4. The van der Waals surface area contributed by atoms with Gasteiger partial charge in [0.1, 0.15) is 0 Å². The molecule has 1 aromatic heterocycles. The lowest BCUT2D eigenvalue weighted by molar-refractivity contribution is -0.154. The van der Waals surface area contributed by atoms with Crippen LogP contribution in [0.4, 0.5) is 16.0 Å². The highest BCUT2D eigenvalue weighted by molar-refractivity contribution is 6.28. The average Bonchev–Trinajstić information content (AvgIpc) is 3.30. The van der Waals surface area contributed by atoms with E-state index in [0.717, 1.165) is 32.2 Å². The summed E-state index contributed by atoms with van der Waals surface area (Å²) in [5, 5.41) is 9.93. The summed E-state index contributed by atoms with van der Waals surface area (Å²) in [6.45, 7) is 5.21. The van der Waals surface area contributed by atoms with E-state index in [-0.39, 0.29) is 42.0 Å². The van der Waals surface area contributed by atoms with E-state index in [1.165, 1.54) is 0 Å². The SMILES string of the molecule is CC1[C@@H](C)N(c2nc(Cl)nc(NNC(=O)[C@H](CC3CCCC3)CN(O)C=O)c2F)CCN1C. The smallest absolute Gasteiger partial charge is 0.243 e. The molecular formula is C21H33ClFN7O3. The Bertz CT molecular complexity index is 842. The number of amides is 2. The Morgan fingerprint density at radius 2 is 2.00 bits per heavy atom. The van der Waals surface area contributed by atoms with E-state index in [1.807, 2.05) is 18.9 Å². The number of carbonyl (C=O) groups excluding carboxylic acids is 2. The van der Waals surface area contributed by atoms with Gasteiger partial charge in [0.15, 0.2) is 11.6 Å². The van der Waals surface area contributed by atoms with E-state index in [1.54, 1.807) is 0 Å². The monoisotopic (exact) mass is 485 g/mol. The molecule has 2 amide bonds. The maximum absolute atomic E-state index is 15.3. The normalized spacial score (nSPS) is 22.8. The van der Waals surface area contributed by atoms with E-state index in [9.17, 15) is 14.8 Å². The number of carbonyl (C=O) groups is 2. The zero-order valence-electron chi connectivity index (χ0n) is 19.3. The lowest BCUT2D eigenvalue weighted by Gasteiger charge is -2.44. The van der Waals surface area contributed by atoms with Crippen molar-refractivity contribution in [2.24, 2.45) is 11.8 Å². The maximum atomic E-state index is 15.3. The number of halogens is 2. The van der Waals surface area contributed by atoms with Gasteiger partial charge in [-0.25, -0.2) is 5.06 Å². The van der Waals surface area contributed by atoms with E-state index in [0.29, 0.717) is 23.9 Å². The fraction of sp³-hybridized carbons (Fsp3) is 0.714. The molecular weight excluding hydrogens is 453 g/mol. The molecule has 1 saturated carbocycles. The third-order valence-corrected chi connectivity index (χ3v) is 7.12. The zero-order valence-corrected chi connectivity index (χ0v) is 20.1. The number of hydrogen-bond acceptors (Lipinski definition) is 8. The number of likely N-dealkylation sites (N-methyl/N-ethyl adjacent to an activating group) is 1. The van der Waals surface area contributed by atoms with Gasteiger partial charge in [-0.05, 0) is 44.8 Å². The van der Waals surface area contributed by atoms with Crippen LogP contribution in [0.25, 0.3) is 0 Å². The topological polar surface area (TPSA) is 114 Å². The summed E-state index contributed by atoms with van der Waals surface area (Å²) in [6, 6.07) is 0.167. The quantitative estimate of drug-likeness (QED) is 0.211. The van der Waals surface area contributed by atoms with Gasteiger partial charge in [-0.3, -0.25) is 30.5 Å². The Morgan fingerprint density at radius 1 is 1.30 bits per heavy atom. The number of rotatable bonds is 9. The highest BCUT2D eigenvalue weighted by Gasteiger charge is 2.32. The van der Waals surface area contributed by atoms with E-state index >= 15 is 4.39 Å². The van der Waals surface area contributed by atoms with Gasteiger partial charge in [-0.2, -0.15) is 14.4 Å². The summed E-state index contributed by atoms with van der Waals surface area (Å²) >= 11 is 6.08. The number of hydrogen-bond donors (Lipinski definition) is 3. The third kappa shape index (κ3) is 6.21. The van der Waals surface area contributed by atoms with Crippen LogP contribution in [0.1, 0.15) is 46.0 Å². The van der Waals surface area contributed by atoms with Crippen LogP contribution >= 0.6 is 11.6 Å². The van der Waals surface area contributed by atoms with Crippen molar-refractivity contribution >= 4 is 35.6 Å². The van der Waals surface area contributed by atoms with E-state index in [4.69, 9.17) is 11.6 Å². The summed E-state index contributed by atoms with van der Waals surface area (Å²) in [4.78, 5) is 35.7. The molecule has 3 N–H and O–H groups in total. The molecule has 33 heavy (non-hydrogen) atoms. The highest BCUT2D eigenvalue weighted by Crippen LogP contribution is 2.31. The minimum Gasteiger partial charge on any atom is -0.348 e. The number of aromatic nitrogens is 2. The minimum atomic E-state index is -0.715. The van der Waals surface area contributed by atoms with Crippen molar-refractivity contribution in [3.05, 3.63) is 11.1 Å². The van der Waals surface area contributed by atoms with Crippen LogP contribution in [0.2, 0.25) is 5.28 Å². The standard InChI is InChI=1S/C21H33ClFN7O3/c1-13-14(2)30(9-8-28(13)3)19-17(23)18(24-21(22)25-19)26-27-20(32)16(11-29(33)12-31)10-15-6-4-5-7-15/h12-16,33H,4-11H2,1-3H3,(H,27,32)(H,24,25,26)/t13?,14-,16-/m1/s1. The summed E-state index contributed by atoms with van der Waals surface area (Å²) in [5.41, 5.74) is 5.00. The van der Waals surface area contributed by atoms with Gasteiger partial charge in [-0.15, -0.1) is 0 Å². The maximum Gasteiger partial charge on any atom is 0.243 e. The van der Waals surface area contributed by atoms with E-state index in [2.05, 4.69) is 32.6 Å². The lowest BCUT2D eigenvalue weighted by Crippen LogP contribution is -2.56. The molecule has 0 bridgehead atoms. The van der Waals surface area contributed by atoms with Crippen molar-refractivity contribution in [3.63, 3.8) is 0 Å². The van der Waals surface area contributed by atoms with Crippen LogP contribution in [0.15, 0.2) is 0 Å². The second-order valence-corrected chi connectivity index (χ2v) is 9.40. The molecule has 2 fully saturated rings. The number of nitrogens with zero attached hydrogens (tertiary/aromatic N) is 5. The number of nitrogens with one attached hydrogen (secondary N) is 2. The Labute approximate surface area is 198 Å². The molecule has 1 unspecified atom stereocenters. The van der Waals surface area contributed by atoms with Crippen LogP contribution in [0.5, 0.6) is 0 Å². The summed E-state index contributed by atoms with van der Waals surface area (Å²) in [7, 11) is 2.02. The average molecular weight is 486 g/mol. The summed E-state index contributed by atoms with van der Waals surface area (Å²) < 4.78 is 15.3. The molecule has 0 spiro atoms. The summed E-state index contributed by atoms with van der Waals surface area (Å²) in [5.74, 6) is -1.67. The molecule has 184 valence electrons. The Morgan fingerprint density at radius 3 is 2.67 bits per heavy atom. The molecule has 3 atom stereocenters. The van der Waals surface area contributed by atoms with Gasteiger partial charge in [0.05, 0.1) is 12.5 Å². The van der Waals surface area contributed by atoms with Crippen LogP contribution in [-0.2, 0) is 9.59 Å². The Hall–Kier alpha value is -2.24. The fourth-order valence-electron chi connectivity index (χ4n) is 4.69. The van der Waals surface area contributed by atoms with Crippen LogP contribution < -0.4 is 15.8 Å². The van der Waals surface area contributed by atoms with Crippen molar-refractivity contribution in [2.75, 3.05) is 37.0 Å². The van der Waals surface area contributed by atoms with Crippen molar-refractivity contribution < 1.29 is 19.2 Å². The van der Waals surface area contributed by atoms with Crippen molar-refractivity contribution in [1.29, 1.82) is 0 Å². The first-order valence-electron chi connectivity index (χ1n) is 11.4. The number of anilines is 2. The number of hydroxylamine groups is 2. The van der Waals surface area contributed by atoms with Gasteiger partial charge in [0.2, 0.25) is 23.4 Å². The van der Waals surface area contributed by atoms with Crippen LogP contribution in [0.3, 0.4) is 0 Å². The second kappa shape index (κ2) is 11.3. The number of hydrazine groups is 1. The predicted octanol–water partition coefficient (Wildman–Crippen LogP) is 2.29. The molecule has 3 rings (SSSR count). The van der Waals surface area contributed by atoms with Crippen molar-refractivity contribution in [2.45, 2.75) is 58.0 Å². The number of piperazine rings is 1. The van der Waals surface area contributed by atoms with Crippen molar-refractivity contribution in [3.8, 4) is 0 Å². The van der Waals surface area contributed by atoms with Crippen LogP contribution in [0, 0.1) is 17.7 Å². The van der Waals surface area contributed by atoms with Gasteiger partial charge in [0, 0.05) is 25.2 Å². The fourth-order valence-corrected chi connectivity index (χ4v) is 4.85. The van der Waals surface area contributed by atoms with Crippen LogP contribution in [-0.4, -0.2) is 76.2 Å². The summed E-state index contributed by atoms with van der Waals surface area (Å²) in [6.07, 6.45) is 4.99. The van der Waals surface area contributed by atoms with Gasteiger partial charge in [-0.1, -0.05) is 25.7 Å². The second-order valence-electron chi connectivity index (χ2n) is 9.06. The Balaban J connectivity index is 1.72. The van der Waals surface area contributed by atoms with E-state index < -0.39 is 17.6 Å². The molecule has 10 nitrogen and oxygen atoms in total. The van der Waals surface area contributed by atoms with Gasteiger partial charge < -0.3 is 4.90 Å². The lowest BCUT2D eigenvalue weighted by atomic mass is 9.92. The first-order chi connectivity index (χ1) is 15.7. The van der Waals surface area contributed by atoms with Gasteiger partial charge in [0.25, 0.3) is 0 Å². The zero-order chi connectivity index (χ0) is 24.1. The highest BCUT2D eigenvalue weighted by atomic mass is 35.5. The molecule has 0 radical (unpaired) electrons. The molecule has 2 aliphatic rings. The molecule has 0 aromatic carbocycles.